The Labute approximate surface area is 146 Å². The lowest BCUT2D eigenvalue weighted by molar-refractivity contribution is 0.296. The summed E-state index contributed by atoms with van der Waals surface area (Å²) in [7, 11) is 0. The van der Waals surface area contributed by atoms with Gasteiger partial charge in [-0.15, -0.1) is 0 Å². The van der Waals surface area contributed by atoms with Gasteiger partial charge in [0.25, 0.3) is 0 Å². The summed E-state index contributed by atoms with van der Waals surface area (Å²) >= 11 is 3.48. The molecule has 0 amide bonds. The highest BCUT2D eigenvalue weighted by Crippen LogP contribution is 2.29. The number of ether oxygens (including phenoxy) is 2. The van der Waals surface area contributed by atoms with E-state index in [1.807, 2.05) is 31.2 Å². The van der Waals surface area contributed by atoms with Gasteiger partial charge in [-0.3, -0.25) is 0 Å². The summed E-state index contributed by atoms with van der Waals surface area (Å²) in [5.41, 5.74) is 3.47. The number of nitrogens with one attached hydrogen (secondary N) is 1. The Morgan fingerprint density at radius 1 is 1.13 bits per heavy atom. The van der Waals surface area contributed by atoms with Crippen molar-refractivity contribution in [2.75, 3.05) is 18.5 Å². The zero-order valence-electron chi connectivity index (χ0n) is 13.6. The fourth-order valence-electron chi connectivity index (χ4n) is 2.22. The lowest BCUT2D eigenvalue weighted by atomic mass is 10.1. The molecule has 0 fully saturated rings. The van der Waals surface area contributed by atoms with Crippen LogP contribution in [0.5, 0.6) is 11.5 Å². The van der Waals surface area contributed by atoms with Crippen molar-refractivity contribution in [1.82, 2.24) is 0 Å². The molecule has 1 N–H and O–H groups in total. The van der Waals surface area contributed by atoms with Gasteiger partial charge in [0.1, 0.15) is 6.61 Å². The summed E-state index contributed by atoms with van der Waals surface area (Å²) in [6, 6.07) is 12.2. The van der Waals surface area contributed by atoms with Crippen molar-refractivity contribution in [3.05, 3.63) is 64.7 Å². The van der Waals surface area contributed by atoms with E-state index in [0.29, 0.717) is 13.2 Å². The van der Waals surface area contributed by atoms with Crippen molar-refractivity contribution in [2.45, 2.75) is 20.4 Å². The van der Waals surface area contributed by atoms with Gasteiger partial charge < -0.3 is 14.8 Å². The van der Waals surface area contributed by atoms with Gasteiger partial charge in [0.2, 0.25) is 0 Å². The quantitative estimate of drug-likeness (QED) is 0.632. The summed E-state index contributed by atoms with van der Waals surface area (Å²) in [5, 5.41) is 3.46. The van der Waals surface area contributed by atoms with E-state index in [2.05, 4.69) is 46.9 Å². The van der Waals surface area contributed by atoms with Crippen LogP contribution >= 0.6 is 15.9 Å². The third-order valence-corrected chi connectivity index (χ3v) is 3.83. The van der Waals surface area contributed by atoms with Crippen molar-refractivity contribution in [3.8, 4) is 11.5 Å². The molecule has 0 aliphatic carbocycles. The predicted molar refractivity (Wildman–Crippen MR) is 99.5 cm³/mol. The number of anilines is 1. The van der Waals surface area contributed by atoms with Crippen LogP contribution in [-0.2, 0) is 6.54 Å². The van der Waals surface area contributed by atoms with E-state index in [1.54, 1.807) is 6.08 Å². The van der Waals surface area contributed by atoms with Crippen molar-refractivity contribution in [2.24, 2.45) is 0 Å². The molecule has 3 nitrogen and oxygen atoms in total. The number of aryl methyl sites for hydroxylation is 1. The number of rotatable bonds is 8. The first-order valence-corrected chi connectivity index (χ1v) is 8.42. The third kappa shape index (κ3) is 5.03. The second kappa shape index (κ2) is 8.63. The van der Waals surface area contributed by atoms with Crippen molar-refractivity contribution in [3.63, 3.8) is 0 Å². The maximum atomic E-state index is 5.67. The van der Waals surface area contributed by atoms with Crippen LogP contribution in [0.1, 0.15) is 18.1 Å². The first-order valence-electron chi connectivity index (χ1n) is 7.63. The molecule has 0 spiro atoms. The topological polar surface area (TPSA) is 30.5 Å². The van der Waals surface area contributed by atoms with Gasteiger partial charge in [-0.2, -0.15) is 0 Å². The second-order valence-corrected chi connectivity index (χ2v) is 6.04. The number of hydrogen-bond acceptors (Lipinski definition) is 3. The minimum Gasteiger partial charge on any atom is -0.490 e. The fraction of sp³-hybridized carbons (Fsp3) is 0.263. The van der Waals surface area contributed by atoms with E-state index in [0.717, 1.165) is 33.8 Å². The van der Waals surface area contributed by atoms with Crippen LogP contribution in [0.4, 0.5) is 5.69 Å². The Morgan fingerprint density at radius 3 is 2.65 bits per heavy atom. The first-order chi connectivity index (χ1) is 11.1. The van der Waals surface area contributed by atoms with E-state index in [1.165, 1.54) is 5.56 Å². The Bertz CT molecular complexity index is 670. The largest absolute Gasteiger partial charge is 0.490 e. The zero-order chi connectivity index (χ0) is 16.7. The molecule has 0 unspecified atom stereocenters. The van der Waals surface area contributed by atoms with Crippen LogP contribution < -0.4 is 14.8 Å². The molecule has 0 saturated carbocycles. The highest BCUT2D eigenvalue weighted by atomic mass is 79.9. The molecule has 0 radical (unpaired) electrons. The minimum absolute atomic E-state index is 0.468. The highest BCUT2D eigenvalue weighted by molar-refractivity contribution is 9.10. The zero-order valence-corrected chi connectivity index (χ0v) is 15.2. The van der Waals surface area contributed by atoms with Crippen LogP contribution in [0.2, 0.25) is 0 Å². The SMILES string of the molecule is C=CCOc1ccc(CNc2ccc(Br)cc2C)cc1OCC. The summed E-state index contributed by atoms with van der Waals surface area (Å²) in [6.45, 7) is 9.52. The van der Waals surface area contributed by atoms with Gasteiger partial charge in [-0.1, -0.05) is 34.7 Å². The van der Waals surface area contributed by atoms with Gasteiger partial charge in [0.15, 0.2) is 11.5 Å². The molecule has 0 saturated heterocycles. The highest BCUT2D eigenvalue weighted by Gasteiger charge is 2.07. The number of hydrogen-bond donors (Lipinski definition) is 1. The summed E-state index contributed by atoms with van der Waals surface area (Å²) in [5.74, 6) is 1.51. The van der Waals surface area contributed by atoms with Crippen molar-refractivity contribution < 1.29 is 9.47 Å². The monoisotopic (exact) mass is 375 g/mol. The molecular formula is C19H22BrNO2. The van der Waals surface area contributed by atoms with Crippen LogP contribution in [0, 0.1) is 6.92 Å². The summed E-state index contributed by atoms with van der Waals surface area (Å²) in [4.78, 5) is 0. The first kappa shape index (κ1) is 17.4. The van der Waals surface area contributed by atoms with E-state index in [4.69, 9.17) is 9.47 Å². The van der Waals surface area contributed by atoms with Crippen LogP contribution in [0.25, 0.3) is 0 Å². The fourth-order valence-corrected chi connectivity index (χ4v) is 2.70. The van der Waals surface area contributed by atoms with E-state index < -0.39 is 0 Å². The van der Waals surface area contributed by atoms with Crippen molar-refractivity contribution in [1.29, 1.82) is 0 Å². The minimum atomic E-state index is 0.468. The second-order valence-electron chi connectivity index (χ2n) is 5.13. The molecule has 2 aromatic carbocycles. The standard InChI is InChI=1S/C19H22BrNO2/c1-4-10-23-18-9-6-15(12-19(18)22-5-2)13-21-17-8-7-16(20)11-14(17)3/h4,6-9,11-12,21H,1,5,10,13H2,2-3H3. The molecule has 0 aliphatic heterocycles. The molecule has 0 bridgehead atoms. The van der Waals surface area contributed by atoms with Crippen LogP contribution in [0.3, 0.4) is 0 Å². The summed E-state index contributed by atoms with van der Waals surface area (Å²) in [6.07, 6.45) is 1.72. The number of halogens is 1. The average molecular weight is 376 g/mol. The maximum absolute atomic E-state index is 5.67. The molecular weight excluding hydrogens is 354 g/mol. The van der Waals surface area contributed by atoms with Gasteiger partial charge >= 0.3 is 0 Å². The molecule has 122 valence electrons. The van der Waals surface area contributed by atoms with Gasteiger partial charge in [-0.05, 0) is 55.3 Å². The third-order valence-electron chi connectivity index (χ3n) is 3.34. The molecule has 0 atom stereocenters. The molecule has 4 heteroatoms. The van der Waals surface area contributed by atoms with E-state index in [9.17, 15) is 0 Å². The Balaban J connectivity index is 2.10. The molecule has 0 aromatic heterocycles. The average Bonchev–Trinajstić information content (AvgIpc) is 2.53. The smallest absolute Gasteiger partial charge is 0.161 e. The van der Waals surface area contributed by atoms with Crippen LogP contribution in [-0.4, -0.2) is 13.2 Å². The van der Waals surface area contributed by atoms with Crippen molar-refractivity contribution >= 4 is 21.6 Å². The predicted octanol–water partition coefficient (Wildman–Crippen LogP) is 5.33. The Morgan fingerprint density at radius 2 is 1.96 bits per heavy atom. The lowest BCUT2D eigenvalue weighted by Crippen LogP contribution is -2.03. The lowest BCUT2D eigenvalue weighted by Gasteiger charge is -2.14. The molecule has 0 aliphatic rings. The normalized spacial score (nSPS) is 10.2. The summed E-state index contributed by atoms with van der Waals surface area (Å²) < 4.78 is 12.4. The van der Waals surface area contributed by atoms with E-state index >= 15 is 0 Å². The molecule has 2 rings (SSSR count). The Hall–Kier alpha value is -1.94. The molecule has 0 heterocycles. The van der Waals surface area contributed by atoms with Gasteiger partial charge in [0.05, 0.1) is 6.61 Å². The van der Waals surface area contributed by atoms with Crippen LogP contribution in [0.15, 0.2) is 53.5 Å². The van der Waals surface area contributed by atoms with Gasteiger partial charge in [-0.25, -0.2) is 0 Å². The molecule has 23 heavy (non-hydrogen) atoms. The maximum Gasteiger partial charge on any atom is 0.161 e. The van der Waals surface area contributed by atoms with Gasteiger partial charge in [0, 0.05) is 16.7 Å². The number of benzene rings is 2. The van der Waals surface area contributed by atoms with E-state index in [-0.39, 0.29) is 0 Å². The molecule has 2 aromatic rings. The Kier molecular flexibility index (Phi) is 6.53.